The van der Waals surface area contributed by atoms with E-state index in [0.717, 1.165) is 25.3 Å². The fraction of sp³-hybridized carbons (Fsp3) is 0.389. The van der Waals surface area contributed by atoms with E-state index in [9.17, 15) is 0 Å². The fourth-order valence-electron chi connectivity index (χ4n) is 2.43. The van der Waals surface area contributed by atoms with Crippen LogP contribution in [-0.4, -0.2) is 18.1 Å². The fourth-order valence-corrected chi connectivity index (χ4v) is 2.43. The van der Waals surface area contributed by atoms with E-state index in [2.05, 4.69) is 49.3 Å². The van der Waals surface area contributed by atoms with Gasteiger partial charge in [-0.05, 0) is 43.1 Å². The van der Waals surface area contributed by atoms with Gasteiger partial charge in [0, 0.05) is 18.0 Å². The number of aryl methyl sites for hydroxylation is 1. The van der Waals surface area contributed by atoms with E-state index in [1.54, 1.807) is 0 Å². The van der Waals surface area contributed by atoms with Crippen LogP contribution in [0.1, 0.15) is 43.0 Å². The summed E-state index contributed by atoms with van der Waals surface area (Å²) in [6.07, 6.45) is 4.78. The van der Waals surface area contributed by atoms with Crippen molar-refractivity contribution in [3.05, 3.63) is 59.4 Å². The van der Waals surface area contributed by atoms with Crippen LogP contribution in [-0.2, 0) is 0 Å². The Hall–Kier alpha value is -1.87. The van der Waals surface area contributed by atoms with Crippen LogP contribution in [0.3, 0.4) is 0 Å². The predicted octanol–water partition coefficient (Wildman–Crippen LogP) is 3.88. The molecular formula is C18H24N2O. The molecule has 0 amide bonds. The van der Waals surface area contributed by atoms with Crippen LogP contribution >= 0.6 is 0 Å². The Morgan fingerprint density at radius 1 is 1.14 bits per heavy atom. The van der Waals surface area contributed by atoms with Crippen molar-refractivity contribution in [1.29, 1.82) is 0 Å². The Bertz CT molecular complexity index is 569. The standard InChI is InChI=1S/C18H24N2O/c1-4-12-21-17-9-7-6-8-15(17)18(20-5-2)16-13-19-11-10-14(16)3/h6-11,13,18,20H,4-5,12H2,1-3H3. The molecule has 2 aromatic rings. The number of rotatable bonds is 7. The van der Waals surface area contributed by atoms with Crippen molar-refractivity contribution in [3.63, 3.8) is 0 Å². The second-order valence-electron chi connectivity index (χ2n) is 5.11. The Morgan fingerprint density at radius 3 is 2.67 bits per heavy atom. The molecular weight excluding hydrogens is 260 g/mol. The third-order valence-electron chi connectivity index (χ3n) is 3.49. The number of ether oxygens (including phenoxy) is 1. The van der Waals surface area contributed by atoms with Gasteiger partial charge in [0.2, 0.25) is 0 Å². The quantitative estimate of drug-likeness (QED) is 0.838. The lowest BCUT2D eigenvalue weighted by atomic mass is 9.96. The lowest BCUT2D eigenvalue weighted by molar-refractivity contribution is 0.311. The van der Waals surface area contributed by atoms with E-state index < -0.39 is 0 Å². The molecule has 0 fully saturated rings. The summed E-state index contributed by atoms with van der Waals surface area (Å²) in [5, 5.41) is 3.55. The monoisotopic (exact) mass is 284 g/mol. The van der Waals surface area contributed by atoms with Crippen molar-refractivity contribution in [2.75, 3.05) is 13.2 Å². The van der Waals surface area contributed by atoms with Crippen LogP contribution in [0.5, 0.6) is 5.75 Å². The molecule has 0 saturated carbocycles. The highest BCUT2D eigenvalue weighted by Crippen LogP contribution is 2.31. The van der Waals surface area contributed by atoms with Gasteiger partial charge in [-0.2, -0.15) is 0 Å². The maximum absolute atomic E-state index is 5.91. The molecule has 0 aliphatic carbocycles. The summed E-state index contributed by atoms with van der Waals surface area (Å²) in [6.45, 7) is 7.99. The van der Waals surface area contributed by atoms with Gasteiger partial charge in [0.15, 0.2) is 0 Å². The zero-order chi connectivity index (χ0) is 15.1. The number of aromatic nitrogens is 1. The van der Waals surface area contributed by atoms with Crippen molar-refractivity contribution in [2.24, 2.45) is 0 Å². The molecule has 0 bridgehead atoms. The molecule has 0 spiro atoms. The van der Waals surface area contributed by atoms with Gasteiger partial charge in [0.25, 0.3) is 0 Å². The summed E-state index contributed by atoms with van der Waals surface area (Å²) >= 11 is 0. The average Bonchev–Trinajstić information content (AvgIpc) is 2.52. The van der Waals surface area contributed by atoms with E-state index in [1.165, 1.54) is 16.7 Å². The molecule has 1 aromatic heterocycles. The molecule has 0 aliphatic rings. The molecule has 1 heterocycles. The Morgan fingerprint density at radius 2 is 1.95 bits per heavy atom. The van der Waals surface area contributed by atoms with Crippen LogP contribution in [0.2, 0.25) is 0 Å². The summed E-state index contributed by atoms with van der Waals surface area (Å²) in [4.78, 5) is 4.29. The molecule has 112 valence electrons. The molecule has 0 radical (unpaired) electrons. The molecule has 3 heteroatoms. The largest absolute Gasteiger partial charge is 0.493 e. The van der Waals surface area contributed by atoms with Gasteiger partial charge < -0.3 is 10.1 Å². The second-order valence-corrected chi connectivity index (χ2v) is 5.11. The minimum atomic E-state index is 0.108. The van der Waals surface area contributed by atoms with Crippen LogP contribution in [0.25, 0.3) is 0 Å². The van der Waals surface area contributed by atoms with Gasteiger partial charge in [-0.3, -0.25) is 4.98 Å². The molecule has 1 atom stereocenters. The van der Waals surface area contributed by atoms with Crippen molar-refractivity contribution >= 4 is 0 Å². The molecule has 1 aromatic carbocycles. The first kappa shape index (κ1) is 15.5. The zero-order valence-electron chi connectivity index (χ0n) is 13.1. The number of hydrogen-bond donors (Lipinski definition) is 1. The molecule has 3 nitrogen and oxygen atoms in total. The van der Waals surface area contributed by atoms with E-state index >= 15 is 0 Å². The van der Waals surface area contributed by atoms with Crippen LogP contribution in [0, 0.1) is 6.92 Å². The van der Waals surface area contributed by atoms with Crippen molar-refractivity contribution in [1.82, 2.24) is 10.3 Å². The number of benzene rings is 1. The third kappa shape index (κ3) is 3.82. The van der Waals surface area contributed by atoms with E-state index in [0.29, 0.717) is 0 Å². The highest BCUT2D eigenvalue weighted by atomic mass is 16.5. The van der Waals surface area contributed by atoms with Gasteiger partial charge in [0.1, 0.15) is 5.75 Å². The SMILES string of the molecule is CCCOc1ccccc1C(NCC)c1cnccc1C. The number of para-hydroxylation sites is 1. The zero-order valence-corrected chi connectivity index (χ0v) is 13.1. The van der Waals surface area contributed by atoms with E-state index in [-0.39, 0.29) is 6.04 Å². The first-order chi connectivity index (χ1) is 10.3. The number of nitrogens with one attached hydrogen (secondary N) is 1. The smallest absolute Gasteiger partial charge is 0.124 e. The summed E-state index contributed by atoms with van der Waals surface area (Å²) in [5.41, 5.74) is 3.61. The number of pyridine rings is 1. The van der Waals surface area contributed by atoms with Crippen molar-refractivity contribution in [2.45, 2.75) is 33.2 Å². The average molecular weight is 284 g/mol. The highest BCUT2D eigenvalue weighted by molar-refractivity contribution is 5.43. The summed E-state index contributed by atoms with van der Waals surface area (Å²) in [5.74, 6) is 0.952. The Kier molecular flexibility index (Phi) is 5.76. The molecule has 1 unspecified atom stereocenters. The predicted molar refractivity (Wildman–Crippen MR) is 86.7 cm³/mol. The first-order valence-electron chi connectivity index (χ1n) is 7.63. The number of hydrogen-bond acceptors (Lipinski definition) is 3. The Labute approximate surface area is 127 Å². The lowest BCUT2D eigenvalue weighted by Crippen LogP contribution is -2.23. The van der Waals surface area contributed by atoms with Crippen LogP contribution in [0.4, 0.5) is 0 Å². The third-order valence-corrected chi connectivity index (χ3v) is 3.49. The lowest BCUT2D eigenvalue weighted by Gasteiger charge is -2.23. The minimum absolute atomic E-state index is 0.108. The van der Waals surface area contributed by atoms with Gasteiger partial charge in [-0.1, -0.05) is 32.0 Å². The molecule has 0 aliphatic heterocycles. The van der Waals surface area contributed by atoms with E-state index in [4.69, 9.17) is 4.74 Å². The maximum atomic E-state index is 5.91. The summed E-state index contributed by atoms with van der Waals surface area (Å²) in [7, 11) is 0. The molecule has 0 saturated heterocycles. The van der Waals surface area contributed by atoms with Crippen molar-refractivity contribution in [3.8, 4) is 5.75 Å². The first-order valence-corrected chi connectivity index (χ1v) is 7.63. The number of nitrogens with zero attached hydrogens (tertiary/aromatic N) is 1. The highest BCUT2D eigenvalue weighted by Gasteiger charge is 2.19. The summed E-state index contributed by atoms with van der Waals surface area (Å²) < 4.78 is 5.91. The topological polar surface area (TPSA) is 34.1 Å². The molecule has 1 N–H and O–H groups in total. The van der Waals surface area contributed by atoms with Crippen molar-refractivity contribution < 1.29 is 4.74 Å². The second kappa shape index (κ2) is 7.79. The maximum Gasteiger partial charge on any atom is 0.124 e. The van der Waals surface area contributed by atoms with Gasteiger partial charge in [0.05, 0.1) is 12.6 Å². The van der Waals surface area contributed by atoms with Crippen LogP contribution < -0.4 is 10.1 Å². The normalized spacial score (nSPS) is 12.1. The van der Waals surface area contributed by atoms with E-state index in [1.807, 2.05) is 24.5 Å². The molecule has 21 heavy (non-hydrogen) atoms. The van der Waals surface area contributed by atoms with Gasteiger partial charge >= 0.3 is 0 Å². The summed E-state index contributed by atoms with van der Waals surface area (Å²) in [6, 6.07) is 10.4. The van der Waals surface area contributed by atoms with Gasteiger partial charge in [-0.25, -0.2) is 0 Å². The van der Waals surface area contributed by atoms with Gasteiger partial charge in [-0.15, -0.1) is 0 Å². The Balaban J connectivity index is 2.41. The molecule has 2 rings (SSSR count). The van der Waals surface area contributed by atoms with Crippen LogP contribution in [0.15, 0.2) is 42.7 Å². The minimum Gasteiger partial charge on any atom is -0.493 e.